The predicted molar refractivity (Wildman–Crippen MR) is 122 cm³/mol. The van der Waals surface area contributed by atoms with E-state index in [4.69, 9.17) is 0 Å². The molecule has 31 heavy (non-hydrogen) atoms. The van der Waals surface area contributed by atoms with Crippen molar-refractivity contribution in [3.8, 4) is 0 Å². The predicted octanol–water partition coefficient (Wildman–Crippen LogP) is 4.59. The molecule has 11 unspecified atom stereocenters. The van der Waals surface area contributed by atoms with Gasteiger partial charge in [0.1, 0.15) is 5.78 Å². The molecule has 0 bridgehead atoms. The van der Waals surface area contributed by atoms with E-state index in [2.05, 4.69) is 34.6 Å². The van der Waals surface area contributed by atoms with Gasteiger partial charge in [-0.1, -0.05) is 34.6 Å². The van der Waals surface area contributed by atoms with Crippen molar-refractivity contribution in [3.63, 3.8) is 0 Å². The summed E-state index contributed by atoms with van der Waals surface area (Å²) in [5.74, 6) is 2.57. The standard InChI is InChI=1S/C27H46O4/c1-15(2)22(29)7-6-16(3)20-14-24(31)25-18-13-23(30)21-12-17(28)8-10-26(21,4)19(18)9-11-27(20,25)5/h15-23,25,28-30H,6-14H2,1-5H3. The van der Waals surface area contributed by atoms with E-state index in [9.17, 15) is 20.1 Å². The Morgan fingerprint density at radius 1 is 0.968 bits per heavy atom. The first-order chi connectivity index (χ1) is 14.5. The first kappa shape index (κ1) is 23.7. The Balaban J connectivity index is 1.54. The Kier molecular flexibility index (Phi) is 6.42. The number of carbonyl (C=O) groups is 1. The molecule has 0 aromatic heterocycles. The van der Waals surface area contributed by atoms with Gasteiger partial charge in [0, 0.05) is 12.3 Å². The molecule has 4 heteroatoms. The van der Waals surface area contributed by atoms with Crippen molar-refractivity contribution in [1.82, 2.24) is 0 Å². The average Bonchev–Trinajstić information content (AvgIpc) is 2.98. The molecule has 4 nitrogen and oxygen atoms in total. The topological polar surface area (TPSA) is 77.8 Å². The first-order valence-electron chi connectivity index (χ1n) is 13.1. The molecule has 4 fully saturated rings. The zero-order valence-electron chi connectivity index (χ0n) is 20.4. The molecule has 0 radical (unpaired) electrons. The van der Waals surface area contributed by atoms with Crippen LogP contribution < -0.4 is 0 Å². The maximum Gasteiger partial charge on any atom is 0.137 e. The third-order valence-electron chi connectivity index (χ3n) is 10.9. The third-order valence-corrected chi connectivity index (χ3v) is 10.9. The molecular weight excluding hydrogens is 388 g/mol. The third kappa shape index (κ3) is 3.83. The summed E-state index contributed by atoms with van der Waals surface area (Å²) in [4.78, 5) is 13.5. The van der Waals surface area contributed by atoms with Gasteiger partial charge in [0.2, 0.25) is 0 Å². The number of Topliss-reactive ketones (excluding diaryl/α,β-unsaturated/α-hetero) is 1. The van der Waals surface area contributed by atoms with Crippen LogP contribution in [0.3, 0.4) is 0 Å². The Bertz CT molecular complexity index is 676. The zero-order valence-corrected chi connectivity index (χ0v) is 20.4. The van der Waals surface area contributed by atoms with Crippen molar-refractivity contribution in [3.05, 3.63) is 0 Å². The Morgan fingerprint density at radius 2 is 1.65 bits per heavy atom. The second-order valence-corrected chi connectivity index (χ2v) is 12.8. The van der Waals surface area contributed by atoms with Crippen LogP contribution in [0.2, 0.25) is 0 Å². The largest absolute Gasteiger partial charge is 0.393 e. The molecule has 0 spiro atoms. The Hall–Kier alpha value is -0.450. The van der Waals surface area contributed by atoms with Crippen LogP contribution >= 0.6 is 0 Å². The van der Waals surface area contributed by atoms with Crippen molar-refractivity contribution < 1.29 is 20.1 Å². The molecular formula is C27H46O4. The maximum atomic E-state index is 13.5. The van der Waals surface area contributed by atoms with Gasteiger partial charge in [0.05, 0.1) is 18.3 Å². The lowest BCUT2D eigenvalue weighted by molar-refractivity contribution is -0.175. The van der Waals surface area contributed by atoms with Gasteiger partial charge in [-0.25, -0.2) is 0 Å². The molecule has 0 amide bonds. The highest BCUT2D eigenvalue weighted by atomic mass is 16.3. The molecule has 0 aromatic rings. The summed E-state index contributed by atoms with van der Waals surface area (Å²) in [5.41, 5.74) is 0.0752. The van der Waals surface area contributed by atoms with Crippen molar-refractivity contribution in [2.45, 2.75) is 111 Å². The fourth-order valence-electron chi connectivity index (χ4n) is 8.94. The van der Waals surface area contributed by atoms with Crippen LogP contribution in [0.4, 0.5) is 0 Å². The molecule has 4 saturated carbocycles. The van der Waals surface area contributed by atoms with Gasteiger partial charge < -0.3 is 15.3 Å². The fraction of sp³-hybridized carbons (Fsp3) is 0.963. The number of aliphatic hydroxyl groups excluding tert-OH is 3. The second kappa shape index (κ2) is 8.40. The molecule has 4 aliphatic rings. The molecule has 0 heterocycles. The number of rotatable bonds is 5. The van der Waals surface area contributed by atoms with Gasteiger partial charge in [-0.15, -0.1) is 0 Å². The van der Waals surface area contributed by atoms with Crippen LogP contribution in [0, 0.1) is 52.3 Å². The molecule has 0 aliphatic heterocycles. The van der Waals surface area contributed by atoms with Crippen LogP contribution in [0.25, 0.3) is 0 Å². The van der Waals surface area contributed by atoms with Gasteiger partial charge in [-0.2, -0.15) is 0 Å². The van der Waals surface area contributed by atoms with E-state index in [1.165, 1.54) is 0 Å². The number of hydrogen-bond donors (Lipinski definition) is 3. The van der Waals surface area contributed by atoms with Crippen LogP contribution in [0.1, 0.15) is 92.4 Å². The van der Waals surface area contributed by atoms with Gasteiger partial charge in [0.25, 0.3) is 0 Å². The number of ketones is 1. The van der Waals surface area contributed by atoms with Crippen molar-refractivity contribution in [2.75, 3.05) is 0 Å². The second-order valence-electron chi connectivity index (χ2n) is 12.8. The lowest BCUT2D eigenvalue weighted by Crippen LogP contribution is -2.59. The van der Waals surface area contributed by atoms with E-state index >= 15 is 0 Å². The summed E-state index contributed by atoms with van der Waals surface area (Å²) in [6.45, 7) is 11.1. The van der Waals surface area contributed by atoms with Gasteiger partial charge in [-0.05, 0) is 97.7 Å². The molecule has 0 aromatic carbocycles. The lowest BCUT2D eigenvalue weighted by Gasteiger charge is -2.61. The number of fused-ring (bicyclic) bond motifs is 5. The SMILES string of the molecule is CC(C)C(O)CCC(C)C1CC(=O)C2C3CC(O)C4CC(O)CCC4(C)C3CCC12C. The first-order valence-corrected chi connectivity index (χ1v) is 13.1. The molecule has 4 aliphatic carbocycles. The highest BCUT2D eigenvalue weighted by molar-refractivity contribution is 5.85. The minimum Gasteiger partial charge on any atom is -0.393 e. The van der Waals surface area contributed by atoms with E-state index in [1.54, 1.807) is 0 Å². The van der Waals surface area contributed by atoms with E-state index < -0.39 is 6.10 Å². The minimum absolute atomic E-state index is 0.0253. The quantitative estimate of drug-likeness (QED) is 0.591. The van der Waals surface area contributed by atoms with Gasteiger partial charge >= 0.3 is 0 Å². The van der Waals surface area contributed by atoms with Gasteiger partial charge in [-0.3, -0.25) is 4.79 Å². The Labute approximate surface area is 189 Å². The summed E-state index contributed by atoms with van der Waals surface area (Å²) >= 11 is 0. The van der Waals surface area contributed by atoms with Crippen molar-refractivity contribution in [2.24, 2.45) is 52.3 Å². The zero-order chi connectivity index (χ0) is 22.7. The van der Waals surface area contributed by atoms with E-state index in [1.807, 2.05) is 0 Å². The fourth-order valence-corrected chi connectivity index (χ4v) is 8.94. The van der Waals surface area contributed by atoms with E-state index in [0.29, 0.717) is 36.4 Å². The minimum atomic E-state index is -0.394. The summed E-state index contributed by atoms with van der Waals surface area (Å²) in [7, 11) is 0. The molecule has 11 atom stereocenters. The average molecular weight is 435 g/mol. The number of aliphatic hydroxyl groups is 3. The Morgan fingerprint density at radius 3 is 2.32 bits per heavy atom. The number of carbonyl (C=O) groups excluding carboxylic acids is 1. The van der Waals surface area contributed by atoms with Crippen molar-refractivity contribution >= 4 is 5.78 Å². The highest BCUT2D eigenvalue weighted by Gasteiger charge is 2.64. The summed E-state index contributed by atoms with van der Waals surface area (Å²) in [5, 5.41) is 31.7. The molecule has 3 N–H and O–H groups in total. The van der Waals surface area contributed by atoms with Crippen molar-refractivity contribution in [1.29, 1.82) is 0 Å². The van der Waals surface area contributed by atoms with Gasteiger partial charge in [0.15, 0.2) is 0 Å². The molecule has 178 valence electrons. The molecule has 0 saturated heterocycles. The van der Waals surface area contributed by atoms with Crippen LogP contribution in [0.5, 0.6) is 0 Å². The maximum absolute atomic E-state index is 13.5. The number of hydrogen-bond acceptors (Lipinski definition) is 4. The lowest BCUT2D eigenvalue weighted by atomic mass is 9.43. The normalized spacial score (nSPS) is 49.3. The summed E-state index contributed by atoms with van der Waals surface area (Å²) in [6, 6.07) is 0. The van der Waals surface area contributed by atoms with E-state index in [0.717, 1.165) is 44.9 Å². The smallest absolute Gasteiger partial charge is 0.137 e. The monoisotopic (exact) mass is 434 g/mol. The van der Waals surface area contributed by atoms with Crippen LogP contribution in [-0.2, 0) is 4.79 Å². The van der Waals surface area contributed by atoms with Crippen LogP contribution in [-0.4, -0.2) is 39.4 Å². The van der Waals surface area contributed by atoms with E-state index in [-0.39, 0.29) is 46.7 Å². The highest BCUT2D eigenvalue weighted by Crippen LogP contribution is 2.67. The van der Waals surface area contributed by atoms with Crippen LogP contribution in [0.15, 0.2) is 0 Å². The molecule has 4 rings (SSSR count). The summed E-state index contributed by atoms with van der Waals surface area (Å²) in [6.07, 6.45) is 7.05. The summed E-state index contributed by atoms with van der Waals surface area (Å²) < 4.78 is 0.